The molecule has 0 fully saturated rings. The van der Waals surface area contributed by atoms with Crippen LogP contribution in [-0.2, 0) is 21.3 Å². The molecule has 0 saturated carbocycles. The molecule has 4 heteroatoms. The molecular formula is C24H27NO2S. The summed E-state index contributed by atoms with van der Waals surface area (Å²) < 4.78 is 7.57. The van der Waals surface area contributed by atoms with Crippen molar-refractivity contribution >= 4 is 28.6 Å². The maximum Gasteiger partial charge on any atom is 0.330 e. The van der Waals surface area contributed by atoms with Crippen LogP contribution >= 0.6 is 11.8 Å². The highest BCUT2D eigenvalue weighted by Crippen LogP contribution is 2.46. The first-order valence-electron chi connectivity index (χ1n) is 9.68. The van der Waals surface area contributed by atoms with Gasteiger partial charge in [-0.3, -0.25) is 0 Å². The number of nitrogens with zero attached hydrogens (tertiary/aromatic N) is 1. The molecule has 1 atom stereocenters. The highest BCUT2D eigenvalue weighted by Gasteiger charge is 2.35. The number of aromatic nitrogens is 1. The molecule has 2 aromatic carbocycles. The Morgan fingerprint density at radius 2 is 1.86 bits per heavy atom. The molecule has 0 aliphatic rings. The van der Waals surface area contributed by atoms with E-state index in [2.05, 4.69) is 73.1 Å². The van der Waals surface area contributed by atoms with Gasteiger partial charge in [-0.1, -0.05) is 79.7 Å². The molecule has 1 unspecified atom stereocenters. The number of benzene rings is 2. The normalized spacial score (nSPS) is 13.7. The molecule has 0 aliphatic heterocycles. The zero-order chi connectivity index (χ0) is 20.0. The van der Waals surface area contributed by atoms with Gasteiger partial charge in [-0.15, -0.1) is 0 Å². The van der Waals surface area contributed by atoms with Gasteiger partial charge in [0.05, 0.1) is 9.77 Å². The van der Waals surface area contributed by atoms with E-state index in [1.165, 1.54) is 27.6 Å². The van der Waals surface area contributed by atoms with Gasteiger partial charge >= 0.3 is 5.97 Å². The summed E-state index contributed by atoms with van der Waals surface area (Å²) >= 11 is 1.79. The Kier molecular flexibility index (Phi) is 6.63. The standard InChI is InChI=1S/C24H27NO2S/c1-4-11-23(26)27-18-24(16-5-2,20-13-7-6-8-14-20)28-22-17-19-12-9-10-15-21(19)25(22)3/h4,6-15,17H,5,16,18H2,1-3H3/b11-4+. The first kappa shape index (κ1) is 20.3. The van der Waals surface area contributed by atoms with Crippen LogP contribution in [0.15, 0.2) is 77.8 Å². The fourth-order valence-corrected chi connectivity index (χ4v) is 5.02. The van der Waals surface area contributed by atoms with Crippen molar-refractivity contribution in [2.24, 2.45) is 7.05 Å². The fourth-order valence-electron chi connectivity index (χ4n) is 3.52. The second-order valence-electron chi connectivity index (χ2n) is 6.92. The van der Waals surface area contributed by atoms with E-state index in [9.17, 15) is 4.79 Å². The van der Waals surface area contributed by atoms with Crippen LogP contribution in [0.25, 0.3) is 10.9 Å². The summed E-state index contributed by atoms with van der Waals surface area (Å²) in [6, 6.07) is 21.0. The summed E-state index contributed by atoms with van der Waals surface area (Å²) in [6.45, 7) is 4.33. The first-order chi connectivity index (χ1) is 13.6. The SMILES string of the molecule is C/C=C/C(=O)OCC(CCC)(Sc1cc2ccccc2n1C)c1ccccc1. The minimum Gasteiger partial charge on any atom is -0.461 e. The van der Waals surface area contributed by atoms with Crippen LogP contribution in [0, 0.1) is 0 Å². The number of esters is 1. The highest BCUT2D eigenvalue weighted by atomic mass is 32.2. The average molecular weight is 394 g/mol. The van der Waals surface area contributed by atoms with Gasteiger partial charge in [-0.2, -0.15) is 0 Å². The zero-order valence-corrected chi connectivity index (χ0v) is 17.5. The average Bonchev–Trinajstić information content (AvgIpc) is 3.03. The number of thioether (sulfide) groups is 1. The van der Waals surface area contributed by atoms with Gasteiger partial charge in [0, 0.05) is 24.0 Å². The van der Waals surface area contributed by atoms with E-state index < -0.39 is 0 Å². The lowest BCUT2D eigenvalue weighted by Gasteiger charge is -2.33. The molecule has 28 heavy (non-hydrogen) atoms. The summed E-state index contributed by atoms with van der Waals surface area (Å²) in [6.07, 6.45) is 5.09. The van der Waals surface area contributed by atoms with E-state index in [0.717, 1.165) is 12.8 Å². The number of ether oxygens (including phenoxy) is 1. The molecule has 146 valence electrons. The van der Waals surface area contributed by atoms with Gasteiger partial charge in [0.15, 0.2) is 0 Å². The Morgan fingerprint density at radius 1 is 1.14 bits per heavy atom. The Balaban J connectivity index is 2.02. The summed E-state index contributed by atoms with van der Waals surface area (Å²) in [4.78, 5) is 12.1. The molecule has 0 aliphatic carbocycles. The Hall–Kier alpha value is -2.46. The molecular weight excluding hydrogens is 366 g/mol. The topological polar surface area (TPSA) is 31.2 Å². The second kappa shape index (κ2) is 9.16. The van der Waals surface area contributed by atoms with Crippen molar-refractivity contribution in [3.63, 3.8) is 0 Å². The quantitative estimate of drug-likeness (QED) is 0.264. The molecule has 1 aromatic heterocycles. The van der Waals surface area contributed by atoms with E-state index in [0.29, 0.717) is 6.61 Å². The lowest BCUT2D eigenvalue weighted by molar-refractivity contribution is -0.138. The van der Waals surface area contributed by atoms with Gasteiger partial charge in [0.2, 0.25) is 0 Å². The maximum atomic E-state index is 12.1. The molecule has 0 saturated heterocycles. The van der Waals surface area contributed by atoms with Crippen LogP contribution < -0.4 is 0 Å². The van der Waals surface area contributed by atoms with Crippen LogP contribution in [0.5, 0.6) is 0 Å². The smallest absolute Gasteiger partial charge is 0.330 e. The number of carbonyl (C=O) groups is 1. The number of aryl methyl sites for hydroxylation is 1. The molecule has 3 nitrogen and oxygen atoms in total. The maximum absolute atomic E-state index is 12.1. The van der Waals surface area contributed by atoms with Crippen molar-refractivity contribution in [1.29, 1.82) is 0 Å². The monoisotopic (exact) mass is 393 g/mol. The van der Waals surface area contributed by atoms with Crippen molar-refractivity contribution in [3.8, 4) is 0 Å². The third-order valence-corrected chi connectivity index (χ3v) is 6.46. The Bertz CT molecular complexity index is 961. The van der Waals surface area contributed by atoms with E-state index in [1.807, 2.05) is 13.0 Å². The van der Waals surface area contributed by atoms with Crippen molar-refractivity contribution in [1.82, 2.24) is 4.57 Å². The summed E-state index contributed by atoms with van der Waals surface area (Å²) in [5.41, 5.74) is 2.38. The molecule has 0 spiro atoms. The summed E-state index contributed by atoms with van der Waals surface area (Å²) in [5, 5.41) is 2.39. The van der Waals surface area contributed by atoms with Gasteiger partial charge < -0.3 is 9.30 Å². The van der Waals surface area contributed by atoms with Crippen LogP contribution in [0.3, 0.4) is 0 Å². The van der Waals surface area contributed by atoms with E-state index in [1.54, 1.807) is 17.8 Å². The molecule has 3 rings (SSSR count). The highest BCUT2D eigenvalue weighted by molar-refractivity contribution is 8.00. The minimum absolute atomic E-state index is 0.295. The largest absolute Gasteiger partial charge is 0.461 e. The Morgan fingerprint density at radius 3 is 2.54 bits per heavy atom. The number of rotatable bonds is 8. The van der Waals surface area contributed by atoms with E-state index in [4.69, 9.17) is 4.74 Å². The van der Waals surface area contributed by atoms with E-state index >= 15 is 0 Å². The first-order valence-corrected chi connectivity index (χ1v) is 10.5. The second-order valence-corrected chi connectivity index (χ2v) is 8.32. The van der Waals surface area contributed by atoms with Crippen LogP contribution in [-0.4, -0.2) is 17.1 Å². The summed E-state index contributed by atoms with van der Waals surface area (Å²) in [7, 11) is 2.10. The molecule has 0 radical (unpaired) electrons. The van der Waals surface area contributed by atoms with Gasteiger partial charge in [0.1, 0.15) is 6.61 Å². The van der Waals surface area contributed by atoms with Gasteiger partial charge in [0.25, 0.3) is 0 Å². The third-order valence-electron chi connectivity index (χ3n) is 4.91. The number of allylic oxidation sites excluding steroid dienone is 1. The number of carbonyl (C=O) groups excluding carboxylic acids is 1. The predicted molar refractivity (Wildman–Crippen MR) is 118 cm³/mol. The molecule has 3 aromatic rings. The van der Waals surface area contributed by atoms with Crippen molar-refractivity contribution in [2.45, 2.75) is 36.5 Å². The molecule has 1 heterocycles. The Labute approximate surface area is 171 Å². The van der Waals surface area contributed by atoms with Gasteiger partial charge in [-0.25, -0.2) is 4.79 Å². The number of hydrogen-bond acceptors (Lipinski definition) is 3. The van der Waals surface area contributed by atoms with Gasteiger partial charge in [-0.05, 0) is 31.0 Å². The predicted octanol–water partition coefficient (Wildman–Crippen LogP) is 6.09. The van der Waals surface area contributed by atoms with Crippen LogP contribution in [0.1, 0.15) is 32.3 Å². The van der Waals surface area contributed by atoms with Crippen molar-refractivity contribution < 1.29 is 9.53 Å². The number of fused-ring (bicyclic) bond motifs is 1. The number of para-hydroxylation sites is 1. The minimum atomic E-state index is -0.338. The lowest BCUT2D eigenvalue weighted by Crippen LogP contribution is -2.30. The molecule has 0 bridgehead atoms. The summed E-state index contributed by atoms with van der Waals surface area (Å²) in [5.74, 6) is -0.295. The van der Waals surface area contributed by atoms with Crippen molar-refractivity contribution in [2.75, 3.05) is 6.61 Å². The van der Waals surface area contributed by atoms with Crippen molar-refractivity contribution in [3.05, 3.63) is 78.4 Å². The lowest BCUT2D eigenvalue weighted by atomic mass is 9.94. The van der Waals surface area contributed by atoms with Crippen LogP contribution in [0.4, 0.5) is 0 Å². The van der Waals surface area contributed by atoms with Crippen LogP contribution in [0.2, 0.25) is 0 Å². The number of hydrogen-bond donors (Lipinski definition) is 0. The zero-order valence-electron chi connectivity index (χ0n) is 16.7. The van der Waals surface area contributed by atoms with E-state index in [-0.39, 0.29) is 10.7 Å². The third kappa shape index (κ3) is 4.33. The molecule has 0 N–H and O–H groups in total. The molecule has 0 amide bonds. The fraction of sp³-hybridized carbons (Fsp3) is 0.292.